The van der Waals surface area contributed by atoms with Crippen molar-refractivity contribution in [2.45, 2.75) is 30.7 Å². The second-order valence-electron chi connectivity index (χ2n) is 5.51. The van der Waals surface area contributed by atoms with Gasteiger partial charge in [0.2, 0.25) is 0 Å². The number of alkyl carbamates (subject to hydrolysis) is 1. The van der Waals surface area contributed by atoms with E-state index in [2.05, 4.69) is 28.8 Å². The Kier molecular flexibility index (Phi) is 3.19. The Hall–Kier alpha value is -1.55. The molecule has 1 atom stereocenters. The van der Waals surface area contributed by atoms with E-state index in [0.717, 1.165) is 32.4 Å². The summed E-state index contributed by atoms with van der Waals surface area (Å²) in [6, 6.07) is 8.59. The average molecular weight is 260 g/mol. The molecule has 2 N–H and O–H groups in total. The molecule has 1 saturated heterocycles. The number of amides is 1. The number of carbonyl (C=O) groups is 1. The summed E-state index contributed by atoms with van der Waals surface area (Å²) in [5.41, 5.74) is 2.90. The summed E-state index contributed by atoms with van der Waals surface area (Å²) >= 11 is 0. The third kappa shape index (κ3) is 2.10. The van der Waals surface area contributed by atoms with Crippen molar-refractivity contribution in [2.75, 3.05) is 20.2 Å². The molecule has 3 rings (SSSR count). The van der Waals surface area contributed by atoms with E-state index in [1.54, 1.807) is 0 Å². The summed E-state index contributed by atoms with van der Waals surface area (Å²) < 4.78 is 4.74. The molecule has 4 nitrogen and oxygen atoms in total. The van der Waals surface area contributed by atoms with Crippen LogP contribution in [0.5, 0.6) is 0 Å². The Morgan fingerprint density at radius 3 is 2.84 bits per heavy atom. The summed E-state index contributed by atoms with van der Waals surface area (Å²) in [5.74, 6) is 0. The lowest BCUT2D eigenvalue weighted by Crippen LogP contribution is -2.39. The summed E-state index contributed by atoms with van der Waals surface area (Å²) in [4.78, 5) is 11.5. The van der Waals surface area contributed by atoms with E-state index in [1.807, 2.05) is 6.07 Å². The van der Waals surface area contributed by atoms with Gasteiger partial charge in [-0.05, 0) is 43.5 Å². The Labute approximate surface area is 113 Å². The molecule has 19 heavy (non-hydrogen) atoms. The first-order valence-electron chi connectivity index (χ1n) is 6.90. The van der Waals surface area contributed by atoms with E-state index < -0.39 is 0 Å². The Bertz CT molecular complexity index is 481. The Morgan fingerprint density at radius 1 is 1.37 bits per heavy atom. The van der Waals surface area contributed by atoms with Crippen molar-refractivity contribution in [1.29, 1.82) is 0 Å². The van der Waals surface area contributed by atoms with E-state index in [0.29, 0.717) is 0 Å². The fraction of sp³-hybridized carbons (Fsp3) is 0.533. The Balaban J connectivity index is 1.92. The fourth-order valence-corrected chi connectivity index (χ4v) is 3.60. The number of nitrogens with one attached hydrogen (secondary N) is 2. The van der Waals surface area contributed by atoms with Crippen LogP contribution in [0.4, 0.5) is 4.79 Å². The molecular weight excluding hydrogens is 240 g/mol. The molecule has 1 spiro atoms. The van der Waals surface area contributed by atoms with Gasteiger partial charge in [0.05, 0.1) is 13.2 Å². The normalized spacial score (nSPS) is 23.9. The van der Waals surface area contributed by atoms with Gasteiger partial charge in [-0.15, -0.1) is 0 Å². The van der Waals surface area contributed by atoms with Crippen LogP contribution < -0.4 is 10.6 Å². The van der Waals surface area contributed by atoms with Crippen LogP contribution in [0.2, 0.25) is 0 Å². The van der Waals surface area contributed by atoms with Crippen LogP contribution >= 0.6 is 0 Å². The second kappa shape index (κ2) is 4.85. The summed E-state index contributed by atoms with van der Waals surface area (Å²) in [6.45, 7) is 2.11. The summed E-state index contributed by atoms with van der Waals surface area (Å²) in [5, 5.41) is 6.40. The van der Waals surface area contributed by atoms with Crippen molar-refractivity contribution >= 4 is 6.09 Å². The van der Waals surface area contributed by atoms with Gasteiger partial charge in [-0.3, -0.25) is 0 Å². The van der Waals surface area contributed by atoms with Gasteiger partial charge in [-0.25, -0.2) is 4.79 Å². The lowest BCUT2D eigenvalue weighted by Gasteiger charge is -2.35. The molecule has 0 aromatic heterocycles. The van der Waals surface area contributed by atoms with Crippen LogP contribution in [0.3, 0.4) is 0 Å². The number of piperidine rings is 1. The lowest BCUT2D eigenvalue weighted by atomic mass is 9.74. The quantitative estimate of drug-likeness (QED) is 0.813. The van der Waals surface area contributed by atoms with Crippen LogP contribution in [0.15, 0.2) is 24.3 Å². The topological polar surface area (TPSA) is 50.4 Å². The van der Waals surface area contributed by atoms with E-state index >= 15 is 0 Å². The van der Waals surface area contributed by atoms with Crippen molar-refractivity contribution in [3.05, 3.63) is 35.4 Å². The third-order valence-corrected chi connectivity index (χ3v) is 4.54. The number of rotatable bonds is 1. The van der Waals surface area contributed by atoms with Crippen LogP contribution in [0.25, 0.3) is 0 Å². The Morgan fingerprint density at radius 2 is 2.11 bits per heavy atom. The van der Waals surface area contributed by atoms with Crippen LogP contribution in [0.1, 0.15) is 36.4 Å². The monoisotopic (exact) mass is 260 g/mol. The molecule has 1 fully saturated rings. The zero-order chi connectivity index (χ0) is 13.3. The SMILES string of the molecule is COC(=O)N[C@H]1CC2(CCNCC2)c2ccccc21. The zero-order valence-corrected chi connectivity index (χ0v) is 11.2. The second-order valence-corrected chi connectivity index (χ2v) is 5.51. The lowest BCUT2D eigenvalue weighted by molar-refractivity contribution is 0.164. The molecule has 1 aromatic carbocycles. The van der Waals surface area contributed by atoms with E-state index in [4.69, 9.17) is 4.74 Å². The van der Waals surface area contributed by atoms with Crippen molar-refractivity contribution in [3.63, 3.8) is 0 Å². The predicted molar refractivity (Wildman–Crippen MR) is 73.1 cm³/mol. The number of benzene rings is 1. The minimum atomic E-state index is -0.342. The molecule has 1 aliphatic carbocycles. The smallest absolute Gasteiger partial charge is 0.407 e. The average Bonchev–Trinajstić information content (AvgIpc) is 2.74. The first kappa shape index (κ1) is 12.5. The van der Waals surface area contributed by atoms with Crippen molar-refractivity contribution in [3.8, 4) is 0 Å². The molecule has 1 aromatic rings. The molecular formula is C15H20N2O2. The molecule has 0 saturated carbocycles. The molecule has 1 aliphatic heterocycles. The fourth-order valence-electron chi connectivity index (χ4n) is 3.60. The summed E-state index contributed by atoms with van der Waals surface area (Å²) in [7, 11) is 1.41. The molecule has 4 heteroatoms. The van der Waals surface area contributed by atoms with Gasteiger partial charge < -0.3 is 15.4 Å². The van der Waals surface area contributed by atoms with Crippen LogP contribution in [0, 0.1) is 0 Å². The standard InChI is InChI=1S/C15H20N2O2/c1-19-14(18)17-13-10-15(6-8-16-9-7-15)12-5-3-2-4-11(12)13/h2-5,13,16H,6-10H2,1H3,(H,17,18)/t13-/m0/s1. The van der Waals surface area contributed by atoms with Crippen molar-refractivity contribution in [2.24, 2.45) is 0 Å². The molecule has 0 radical (unpaired) electrons. The third-order valence-electron chi connectivity index (χ3n) is 4.54. The highest BCUT2D eigenvalue weighted by molar-refractivity contribution is 5.68. The van der Waals surface area contributed by atoms with E-state index in [-0.39, 0.29) is 17.6 Å². The van der Waals surface area contributed by atoms with Crippen molar-refractivity contribution < 1.29 is 9.53 Å². The first-order chi connectivity index (χ1) is 9.25. The number of methoxy groups -OCH3 is 1. The van der Waals surface area contributed by atoms with Gasteiger partial charge >= 0.3 is 6.09 Å². The van der Waals surface area contributed by atoms with Gasteiger partial charge in [-0.2, -0.15) is 0 Å². The van der Waals surface area contributed by atoms with E-state index in [9.17, 15) is 4.79 Å². The van der Waals surface area contributed by atoms with Crippen LogP contribution in [-0.4, -0.2) is 26.3 Å². The molecule has 1 heterocycles. The van der Waals surface area contributed by atoms with Crippen LogP contribution in [-0.2, 0) is 10.2 Å². The van der Waals surface area contributed by atoms with E-state index in [1.165, 1.54) is 18.2 Å². The minimum Gasteiger partial charge on any atom is -0.453 e. The largest absolute Gasteiger partial charge is 0.453 e. The van der Waals surface area contributed by atoms with Gasteiger partial charge in [0.25, 0.3) is 0 Å². The van der Waals surface area contributed by atoms with Crippen molar-refractivity contribution in [1.82, 2.24) is 10.6 Å². The highest BCUT2D eigenvalue weighted by atomic mass is 16.5. The molecule has 0 bridgehead atoms. The molecule has 1 amide bonds. The maximum Gasteiger partial charge on any atom is 0.407 e. The van der Waals surface area contributed by atoms with Gasteiger partial charge in [0.15, 0.2) is 0 Å². The minimum absolute atomic E-state index is 0.0850. The zero-order valence-electron chi connectivity index (χ0n) is 11.2. The highest BCUT2D eigenvalue weighted by Crippen LogP contribution is 2.49. The first-order valence-corrected chi connectivity index (χ1v) is 6.90. The number of carbonyl (C=O) groups excluding carboxylic acids is 1. The number of fused-ring (bicyclic) bond motifs is 2. The molecule has 102 valence electrons. The predicted octanol–water partition coefficient (Wildman–Crippen LogP) is 2.11. The van der Waals surface area contributed by atoms with Gasteiger partial charge in [-0.1, -0.05) is 24.3 Å². The molecule has 0 unspecified atom stereocenters. The number of ether oxygens (including phenoxy) is 1. The summed E-state index contributed by atoms with van der Waals surface area (Å²) in [6.07, 6.45) is 2.93. The maximum absolute atomic E-state index is 11.5. The maximum atomic E-state index is 11.5. The number of hydrogen-bond donors (Lipinski definition) is 2. The highest BCUT2D eigenvalue weighted by Gasteiger charge is 2.44. The molecule has 2 aliphatic rings. The van der Waals surface area contributed by atoms with Gasteiger partial charge in [0.1, 0.15) is 0 Å². The number of hydrogen-bond acceptors (Lipinski definition) is 3. The van der Waals surface area contributed by atoms with Gasteiger partial charge in [0, 0.05) is 5.41 Å².